The topological polar surface area (TPSA) is 70.8 Å². The van der Waals surface area contributed by atoms with E-state index < -0.39 is 17.7 Å². The standard InChI is InChI=1S/C27H30F2N4O3/c1-36-23-6-2-4-18(12-23)15-33-25-7-9-31(14-19-10-20(28)13-21(29)11-19)17-24(25)26(30-33)27(35)32-8-3-5-22(34)16-32/h2,4,6,10-13,22,34H,3,5,7-9,14-17H2,1H3/t22-/m1/s1. The van der Waals surface area contributed by atoms with Crippen LogP contribution in [0.4, 0.5) is 8.78 Å². The summed E-state index contributed by atoms with van der Waals surface area (Å²) in [7, 11) is 1.62. The molecule has 1 amide bonds. The van der Waals surface area contributed by atoms with Crippen LogP contribution in [-0.2, 0) is 26.1 Å². The molecule has 1 aromatic heterocycles. The Morgan fingerprint density at radius 3 is 2.67 bits per heavy atom. The molecular formula is C27H30F2N4O3. The van der Waals surface area contributed by atoms with Crippen molar-refractivity contribution in [2.24, 2.45) is 0 Å². The molecule has 2 aliphatic heterocycles. The Bertz CT molecular complexity index is 1240. The zero-order valence-corrected chi connectivity index (χ0v) is 20.3. The fourth-order valence-corrected chi connectivity index (χ4v) is 5.18. The summed E-state index contributed by atoms with van der Waals surface area (Å²) >= 11 is 0. The van der Waals surface area contributed by atoms with Gasteiger partial charge in [-0.2, -0.15) is 5.10 Å². The van der Waals surface area contributed by atoms with Gasteiger partial charge in [-0.25, -0.2) is 8.78 Å². The van der Waals surface area contributed by atoms with Crippen LogP contribution in [0.1, 0.15) is 45.7 Å². The number of aromatic nitrogens is 2. The number of carbonyl (C=O) groups excluding carboxylic acids is 1. The average molecular weight is 497 g/mol. The third-order valence-corrected chi connectivity index (χ3v) is 6.89. The summed E-state index contributed by atoms with van der Waals surface area (Å²) in [6, 6.07) is 11.3. The van der Waals surface area contributed by atoms with E-state index in [2.05, 4.69) is 4.90 Å². The molecule has 1 saturated heterocycles. The van der Waals surface area contributed by atoms with Gasteiger partial charge >= 0.3 is 0 Å². The van der Waals surface area contributed by atoms with Crippen LogP contribution in [-0.4, -0.2) is 63.4 Å². The maximum atomic E-state index is 13.7. The number of aliphatic hydroxyl groups is 1. The molecule has 1 atom stereocenters. The monoisotopic (exact) mass is 496 g/mol. The van der Waals surface area contributed by atoms with Crippen molar-refractivity contribution in [2.75, 3.05) is 26.7 Å². The summed E-state index contributed by atoms with van der Waals surface area (Å²) < 4.78 is 34.7. The van der Waals surface area contributed by atoms with Gasteiger partial charge in [-0.1, -0.05) is 12.1 Å². The van der Waals surface area contributed by atoms with Gasteiger partial charge in [0.1, 0.15) is 17.4 Å². The largest absolute Gasteiger partial charge is 0.497 e. The third-order valence-electron chi connectivity index (χ3n) is 6.89. The molecule has 0 bridgehead atoms. The first kappa shape index (κ1) is 24.4. The van der Waals surface area contributed by atoms with Gasteiger partial charge < -0.3 is 14.7 Å². The van der Waals surface area contributed by atoms with Gasteiger partial charge in [0.25, 0.3) is 5.91 Å². The molecule has 7 nitrogen and oxygen atoms in total. The van der Waals surface area contributed by atoms with Crippen LogP contribution in [0.2, 0.25) is 0 Å². The lowest BCUT2D eigenvalue weighted by Crippen LogP contribution is -2.43. The van der Waals surface area contributed by atoms with Crippen LogP contribution >= 0.6 is 0 Å². The number of hydrogen-bond acceptors (Lipinski definition) is 5. The first-order valence-corrected chi connectivity index (χ1v) is 12.3. The highest BCUT2D eigenvalue weighted by atomic mass is 19.1. The second-order valence-corrected chi connectivity index (χ2v) is 9.57. The first-order valence-electron chi connectivity index (χ1n) is 12.3. The Kier molecular flexibility index (Phi) is 7.02. The number of carbonyl (C=O) groups is 1. The minimum absolute atomic E-state index is 0.187. The lowest BCUT2D eigenvalue weighted by atomic mass is 10.0. The van der Waals surface area contributed by atoms with Crippen molar-refractivity contribution < 1.29 is 23.4 Å². The fourth-order valence-electron chi connectivity index (χ4n) is 5.18. The van der Waals surface area contributed by atoms with E-state index in [-0.39, 0.29) is 5.91 Å². The summed E-state index contributed by atoms with van der Waals surface area (Å²) in [5.74, 6) is -0.643. The zero-order chi connectivity index (χ0) is 25.2. The Hall–Kier alpha value is -3.30. The number of nitrogens with zero attached hydrogens (tertiary/aromatic N) is 4. The molecule has 3 aromatic rings. The maximum absolute atomic E-state index is 13.7. The predicted molar refractivity (Wildman–Crippen MR) is 130 cm³/mol. The van der Waals surface area contributed by atoms with E-state index in [1.54, 1.807) is 12.0 Å². The van der Waals surface area contributed by atoms with Gasteiger partial charge in [0.05, 0.1) is 19.8 Å². The predicted octanol–water partition coefficient (Wildman–Crippen LogP) is 3.37. The molecule has 0 aliphatic carbocycles. The second-order valence-electron chi connectivity index (χ2n) is 9.57. The summed E-state index contributed by atoms with van der Waals surface area (Å²) in [5, 5.41) is 14.9. The van der Waals surface area contributed by atoms with Gasteiger partial charge in [-0.3, -0.25) is 14.4 Å². The second kappa shape index (κ2) is 10.4. The molecule has 190 valence electrons. The normalized spacial score (nSPS) is 18.2. The molecule has 2 aliphatic rings. The molecule has 1 N–H and O–H groups in total. The van der Waals surface area contributed by atoms with Crippen molar-refractivity contribution in [3.63, 3.8) is 0 Å². The number of rotatable bonds is 6. The molecule has 9 heteroatoms. The molecule has 36 heavy (non-hydrogen) atoms. The average Bonchev–Trinajstić information content (AvgIpc) is 3.20. The lowest BCUT2D eigenvalue weighted by Gasteiger charge is -2.31. The highest BCUT2D eigenvalue weighted by Gasteiger charge is 2.32. The molecule has 1 fully saturated rings. The highest BCUT2D eigenvalue weighted by molar-refractivity contribution is 5.94. The Morgan fingerprint density at radius 1 is 1.11 bits per heavy atom. The number of halogens is 2. The van der Waals surface area contributed by atoms with Crippen LogP contribution in [0.25, 0.3) is 0 Å². The van der Waals surface area contributed by atoms with Crippen LogP contribution in [0.3, 0.4) is 0 Å². The SMILES string of the molecule is COc1cccc(Cn2nc(C(=O)N3CCC[C@@H](O)C3)c3c2CCN(Cc2cc(F)cc(F)c2)C3)c1. The number of hydrogen-bond donors (Lipinski definition) is 1. The molecule has 2 aromatic carbocycles. The van der Waals surface area contributed by atoms with E-state index in [0.717, 1.165) is 35.1 Å². The third kappa shape index (κ3) is 5.27. The van der Waals surface area contributed by atoms with E-state index in [0.29, 0.717) is 63.4 Å². The van der Waals surface area contributed by atoms with Crippen molar-refractivity contribution in [1.82, 2.24) is 19.6 Å². The number of aliphatic hydroxyl groups excluding tert-OH is 1. The van der Waals surface area contributed by atoms with Crippen molar-refractivity contribution in [3.05, 3.63) is 82.2 Å². The minimum atomic E-state index is -0.603. The van der Waals surface area contributed by atoms with Crippen LogP contribution in [0.5, 0.6) is 5.75 Å². The number of methoxy groups -OCH3 is 1. The first-order chi connectivity index (χ1) is 17.4. The number of likely N-dealkylation sites (tertiary alicyclic amines) is 1. The maximum Gasteiger partial charge on any atom is 0.274 e. The van der Waals surface area contributed by atoms with Gasteiger partial charge in [0.15, 0.2) is 5.69 Å². The van der Waals surface area contributed by atoms with Gasteiger partial charge in [-0.15, -0.1) is 0 Å². The summed E-state index contributed by atoms with van der Waals surface area (Å²) in [5.41, 5.74) is 3.76. The molecule has 5 rings (SSSR count). The molecule has 0 radical (unpaired) electrons. The molecule has 0 saturated carbocycles. The quantitative estimate of drug-likeness (QED) is 0.567. The molecule has 0 unspecified atom stereocenters. The van der Waals surface area contributed by atoms with E-state index in [1.807, 2.05) is 28.9 Å². The number of ether oxygens (including phenoxy) is 1. The van der Waals surface area contributed by atoms with E-state index in [1.165, 1.54) is 12.1 Å². The van der Waals surface area contributed by atoms with Crippen LogP contribution in [0.15, 0.2) is 42.5 Å². The van der Waals surface area contributed by atoms with E-state index in [4.69, 9.17) is 9.84 Å². The number of fused-ring (bicyclic) bond motifs is 1. The Balaban J connectivity index is 1.45. The summed E-state index contributed by atoms with van der Waals surface area (Å²) in [4.78, 5) is 17.3. The van der Waals surface area contributed by atoms with Crippen LogP contribution < -0.4 is 4.74 Å². The highest BCUT2D eigenvalue weighted by Crippen LogP contribution is 2.27. The number of amides is 1. The molecule has 3 heterocycles. The molecule has 0 spiro atoms. The number of benzene rings is 2. The van der Waals surface area contributed by atoms with Gasteiger partial charge in [0, 0.05) is 56.5 Å². The van der Waals surface area contributed by atoms with Crippen molar-refractivity contribution >= 4 is 5.91 Å². The number of β-amino-alcohol motifs (C(OH)–C–C–N with tert-alkyl or cyclic N) is 1. The van der Waals surface area contributed by atoms with Gasteiger partial charge in [-0.05, 0) is 48.2 Å². The molecular weight excluding hydrogens is 466 g/mol. The number of piperidine rings is 1. The Labute approximate surface area is 208 Å². The van der Waals surface area contributed by atoms with E-state index >= 15 is 0 Å². The van der Waals surface area contributed by atoms with E-state index in [9.17, 15) is 18.7 Å². The minimum Gasteiger partial charge on any atom is -0.497 e. The van der Waals surface area contributed by atoms with Crippen molar-refractivity contribution in [2.45, 2.75) is 45.0 Å². The zero-order valence-electron chi connectivity index (χ0n) is 20.3. The van der Waals surface area contributed by atoms with Gasteiger partial charge in [0.2, 0.25) is 0 Å². The Morgan fingerprint density at radius 2 is 1.92 bits per heavy atom. The summed E-state index contributed by atoms with van der Waals surface area (Å²) in [6.45, 7) is 2.85. The fraction of sp³-hybridized carbons (Fsp3) is 0.407. The van der Waals surface area contributed by atoms with Crippen molar-refractivity contribution in [3.8, 4) is 5.75 Å². The summed E-state index contributed by atoms with van der Waals surface area (Å²) in [6.07, 6.45) is 1.55. The smallest absolute Gasteiger partial charge is 0.274 e. The lowest BCUT2D eigenvalue weighted by molar-refractivity contribution is 0.0466. The van der Waals surface area contributed by atoms with Crippen LogP contribution in [0, 0.1) is 11.6 Å². The van der Waals surface area contributed by atoms with Crippen molar-refractivity contribution in [1.29, 1.82) is 0 Å².